The molecule has 0 bridgehead atoms. The third-order valence-corrected chi connectivity index (χ3v) is 0.985. The fraction of sp³-hybridized carbons (Fsp3) is 0. The van der Waals surface area contributed by atoms with Gasteiger partial charge in [-0.2, -0.15) is 0 Å². The van der Waals surface area contributed by atoms with Crippen LogP contribution >= 0.6 is 7.75 Å². The Balaban J connectivity index is 4.59. The molecule has 5 nitrogen and oxygen atoms in total. The topological polar surface area (TPSA) is 75.9 Å². The summed E-state index contributed by atoms with van der Waals surface area (Å²) in [5, 5.41) is 0. The molecule has 0 atom stereocenters. The number of hydrogen-bond acceptors (Lipinski definition) is 3. The van der Waals surface area contributed by atoms with Gasteiger partial charge in [0, 0.05) is 0 Å². The van der Waals surface area contributed by atoms with E-state index in [0.717, 1.165) is 0 Å². The van der Waals surface area contributed by atoms with Crippen LogP contribution in [-0.2, 0) is 14.2 Å². The monoisotopic (exact) mass is 150 g/mol. The van der Waals surface area contributed by atoms with Gasteiger partial charge in [0.15, 0.2) is 0 Å². The van der Waals surface area contributed by atoms with E-state index in [2.05, 4.69) is 9.53 Å². The molecule has 0 saturated carbocycles. The molecule has 0 rings (SSSR count). The fourth-order valence-corrected chi connectivity index (χ4v) is 0.369. The first-order chi connectivity index (χ1) is 4.12. The first-order valence-electron chi connectivity index (χ1n) is 1.61. The largest absolute Gasteiger partial charge is 0.492 e. The molecular formula is C2FN2O3P. The molecule has 0 heterocycles. The lowest BCUT2D eigenvalue weighted by Gasteiger charge is -1.81. The highest BCUT2D eigenvalue weighted by Crippen LogP contribution is 2.49. The summed E-state index contributed by atoms with van der Waals surface area (Å²) in [6.07, 6.45) is 1.31. The van der Waals surface area contributed by atoms with E-state index >= 15 is 0 Å². The van der Waals surface area contributed by atoms with Crippen molar-refractivity contribution in [2.75, 3.05) is 0 Å². The van der Waals surface area contributed by atoms with Crippen LogP contribution in [0.25, 0.3) is 0 Å². The van der Waals surface area contributed by atoms with Gasteiger partial charge in [0.2, 0.25) is 12.2 Å². The quantitative estimate of drug-likeness (QED) is 0.330. The van der Waals surface area contributed by atoms with Crippen LogP contribution in [-0.4, -0.2) is 12.2 Å². The van der Waals surface area contributed by atoms with E-state index in [9.17, 15) is 18.4 Å². The molecule has 0 aromatic carbocycles. The van der Waals surface area contributed by atoms with Gasteiger partial charge in [0.05, 0.1) is 0 Å². The SMILES string of the molecule is O=C=NP(=O)(F)N=C=O. The summed E-state index contributed by atoms with van der Waals surface area (Å²) in [5.74, 6) is 0. The zero-order valence-electron chi connectivity index (χ0n) is 3.94. The van der Waals surface area contributed by atoms with Crippen molar-refractivity contribution in [1.82, 2.24) is 0 Å². The summed E-state index contributed by atoms with van der Waals surface area (Å²) >= 11 is 0. The Morgan fingerprint density at radius 1 is 1.22 bits per heavy atom. The highest BCUT2D eigenvalue weighted by molar-refractivity contribution is 7.55. The van der Waals surface area contributed by atoms with Crippen LogP contribution in [0, 0.1) is 0 Å². The van der Waals surface area contributed by atoms with Gasteiger partial charge in [-0.1, -0.05) is 9.53 Å². The van der Waals surface area contributed by atoms with Crippen LogP contribution in [0.4, 0.5) is 4.20 Å². The van der Waals surface area contributed by atoms with Gasteiger partial charge in [0.25, 0.3) is 0 Å². The van der Waals surface area contributed by atoms with Crippen molar-refractivity contribution >= 4 is 19.9 Å². The molecule has 0 spiro atoms. The average Bonchev–Trinajstić information content (AvgIpc) is 1.64. The highest BCUT2D eigenvalue weighted by Gasteiger charge is 2.16. The van der Waals surface area contributed by atoms with E-state index in [-0.39, 0.29) is 0 Å². The number of carbonyl (C=O) groups excluding carboxylic acids is 2. The van der Waals surface area contributed by atoms with E-state index in [1.807, 2.05) is 0 Å². The number of halogens is 1. The second-order valence-electron chi connectivity index (χ2n) is 0.856. The van der Waals surface area contributed by atoms with E-state index in [1.54, 1.807) is 0 Å². The molecule has 0 N–H and O–H groups in total. The molecule has 0 fully saturated rings. The van der Waals surface area contributed by atoms with Crippen LogP contribution in [0.5, 0.6) is 0 Å². The van der Waals surface area contributed by atoms with Crippen LogP contribution in [0.1, 0.15) is 0 Å². The third-order valence-electron chi connectivity index (χ3n) is 0.328. The van der Waals surface area contributed by atoms with E-state index in [1.165, 1.54) is 0 Å². The van der Waals surface area contributed by atoms with E-state index in [0.29, 0.717) is 12.2 Å². The Morgan fingerprint density at radius 2 is 1.56 bits per heavy atom. The Morgan fingerprint density at radius 3 is 1.78 bits per heavy atom. The summed E-state index contributed by atoms with van der Waals surface area (Å²) in [7, 11) is -4.79. The zero-order valence-corrected chi connectivity index (χ0v) is 4.84. The molecule has 48 valence electrons. The van der Waals surface area contributed by atoms with Crippen molar-refractivity contribution in [1.29, 1.82) is 0 Å². The van der Waals surface area contributed by atoms with Crippen molar-refractivity contribution < 1.29 is 18.4 Å². The van der Waals surface area contributed by atoms with Crippen molar-refractivity contribution in [3.05, 3.63) is 0 Å². The lowest BCUT2D eigenvalue weighted by molar-refractivity contribution is 0.537. The fourth-order valence-electron chi connectivity index (χ4n) is 0.123. The number of nitrogens with zero attached hydrogens (tertiary/aromatic N) is 2. The first kappa shape index (κ1) is 7.92. The molecule has 0 unspecified atom stereocenters. The second kappa shape index (κ2) is 3.05. The Hall–Kier alpha value is -1.08. The molecule has 0 aromatic rings. The maximum atomic E-state index is 11.8. The maximum Gasteiger partial charge on any atom is 0.492 e. The standard InChI is InChI=1S/C2FN2O3P/c3-9(8,4-1-6)5-2-7. The minimum atomic E-state index is -4.79. The molecule has 0 saturated heterocycles. The predicted octanol–water partition coefficient (Wildman–Crippen LogP) is 0.736. The van der Waals surface area contributed by atoms with Crippen molar-refractivity contribution in [3.63, 3.8) is 0 Å². The predicted molar refractivity (Wildman–Crippen MR) is 25.0 cm³/mol. The summed E-state index contributed by atoms with van der Waals surface area (Å²) in [5.41, 5.74) is 0. The maximum absolute atomic E-state index is 11.8. The summed E-state index contributed by atoms with van der Waals surface area (Å²) in [4.78, 5) is 18.4. The molecular weight excluding hydrogens is 150 g/mol. The lowest BCUT2D eigenvalue weighted by Crippen LogP contribution is -1.58. The molecule has 0 amide bonds. The van der Waals surface area contributed by atoms with Crippen molar-refractivity contribution in [2.24, 2.45) is 9.53 Å². The minimum Gasteiger partial charge on any atom is -0.232 e. The lowest BCUT2D eigenvalue weighted by atomic mass is 11.7. The summed E-state index contributed by atoms with van der Waals surface area (Å²) < 4.78 is 25.9. The Labute approximate surface area is 48.9 Å². The third kappa shape index (κ3) is 3.50. The molecule has 0 radical (unpaired) electrons. The average molecular weight is 150 g/mol. The van der Waals surface area contributed by atoms with Gasteiger partial charge in [-0.15, -0.1) is 4.20 Å². The first-order valence-corrected chi connectivity index (χ1v) is 3.11. The Bertz CT molecular complexity index is 216. The molecule has 0 aliphatic heterocycles. The van der Waals surface area contributed by atoms with Crippen molar-refractivity contribution in [3.8, 4) is 0 Å². The molecule has 7 heteroatoms. The molecule has 9 heavy (non-hydrogen) atoms. The van der Waals surface area contributed by atoms with Crippen LogP contribution in [0.15, 0.2) is 9.53 Å². The van der Waals surface area contributed by atoms with Crippen LogP contribution in [0.3, 0.4) is 0 Å². The van der Waals surface area contributed by atoms with Crippen LogP contribution < -0.4 is 0 Å². The van der Waals surface area contributed by atoms with Gasteiger partial charge in [-0.25, -0.2) is 14.2 Å². The number of rotatable bonds is 2. The molecule has 0 aromatic heterocycles. The van der Waals surface area contributed by atoms with Crippen molar-refractivity contribution in [2.45, 2.75) is 0 Å². The Kier molecular flexibility index (Phi) is 2.68. The molecule has 0 aliphatic rings. The normalized spacial score (nSPS) is 14.3. The number of isocyanates is 2. The van der Waals surface area contributed by atoms with Crippen LogP contribution in [0.2, 0.25) is 0 Å². The van der Waals surface area contributed by atoms with Gasteiger partial charge >= 0.3 is 7.75 Å². The molecule has 0 aliphatic carbocycles. The van der Waals surface area contributed by atoms with Gasteiger partial charge < -0.3 is 0 Å². The summed E-state index contributed by atoms with van der Waals surface area (Å²) in [6.45, 7) is 0. The van der Waals surface area contributed by atoms with E-state index in [4.69, 9.17) is 0 Å². The number of hydrogen-bond donors (Lipinski definition) is 0. The zero-order chi connectivity index (χ0) is 7.33. The minimum absolute atomic E-state index is 0.657. The highest BCUT2D eigenvalue weighted by atomic mass is 31.2. The van der Waals surface area contributed by atoms with E-state index < -0.39 is 7.75 Å². The van der Waals surface area contributed by atoms with Gasteiger partial charge in [0.1, 0.15) is 0 Å². The second-order valence-corrected chi connectivity index (χ2v) is 2.20. The summed E-state index contributed by atoms with van der Waals surface area (Å²) in [6, 6.07) is 0. The van der Waals surface area contributed by atoms with Gasteiger partial charge in [-0.3, -0.25) is 0 Å². The smallest absolute Gasteiger partial charge is 0.232 e. The van der Waals surface area contributed by atoms with Gasteiger partial charge in [-0.05, 0) is 0 Å².